The number of nitrogens with two attached hydrogens (primary N) is 1. The van der Waals surface area contributed by atoms with Gasteiger partial charge in [-0.05, 0) is 0 Å². The molecule has 1 aliphatic rings. The zero-order chi connectivity index (χ0) is 5.28. The smallest absolute Gasteiger partial charge is 0.230 e. The summed E-state index contributed by atoms with van der Waals surface area (Å²) < 4.78 is 0. The Morgan fingerprint density at radius 3 is 2.71 bits per heavy atom. The van der Waals surface area contributed by atoms with E-state index < -0.39 is 0 Å². The lowest BCUT2D eigenvalue weighted by atomic mass is 10.5. The summed E-state index contributed by atoms with van der Waals surface area (Å²) in [6.07, 6.45) is 0. The highest BCUT2D eigenvalue weighted by molar-refractivity contribution is 5.03. The number of aliphatic hydroxyl groups excluding tert-OH is 1. The molecule has 0 aromatic heterocycles. The van der Waals surface area contributed by atoms with Crippen molar-refractivity contribution in [2.24, 2.45) is 5.73 Å². The topological polar surface area (TPSA) is 67.5 Å². The molecule has 0 saturated carbocycles. The van der Waals surface area contributed by atoms with E-state index in [1.54, 1.807) is 0 Å². The molecule has 1 aliphatic heterocycles. The predicted molar refractivity (Wildman–Crippen MR) is 22.9 cm³/mol. The maximum absolute atomic E-state index is 8.52. The van der Waals surface area contributed by atoms with E-state index in [0.717, 1.165) is 0 Å². The first-order chi connectivity index (χ1) is 3.30. The third-order valence-corrected chi connectivity index (χ3v) is 0.701. The van der Waals surface area contributed by atoms with Crippen molar-refractivity contribution in [3.63, 3.8) is 0 Å². The van der Waals surface area contributed by atoms with Crippen molar-refractivity contribution < 1.29 is 9.94 Å². The third-order valence-electron chi connectivity index (χ3n) is 0.701. The van der Waals surface area contributed by atoms with Crippen molar-refractivity contribution >= 4 is 0 Å². The lowest BCUT2D eigenvalue weighted by Crippen LogP contribution is -2.04. The highest BCUT2D eigenvalue weighted by Crippen LogP contribution is 1.97. The SMILES string of the molecule is NC1=C(O)NOC1. The Morgan fingerprint density at radius 1 is 1.86 bits per heavy atom. The molecule has 4 N–H and O–H groups in total. The fourth-order valence-corrected chi connectivity index (χ4v) is 0.316. The van der Waals surface area contributed by atoms with Gasteiger partial charge in [0.15, 0.2) is 0 Å². The van der Waals surface area contributed by atoms with Crippen molar-refractivity contribution in [2.75, 3.05) is 6.61 Å². The van der Waals surface area contributed by atoms with Crippen molar-refractivity contribution in [2.45, 2.75) is 0 Å². The molecular weight excluding hydrogens is 96.0 g/mol. The molecule has 0 radical (unpaired) electrons. The van der Waals surface area contributed by atoms with Gasteiger partial charge in [-0.3, -0.25) is 4.84 Å². The average molecular weight is 102 g/mol. The van der Waals surface area contributed by atoms with Gasteiger partial charge in [0.25, 0.3) is 0 Å². The molecule has 0 spiro atoms. The summed E-state index contributed by atoms with van der Waals surface area (Å²) in [5, 5.41) is 8.52. The minimum absolute atomic E-state index is 0.0694. The van der Waals surface area contributed by atoms with Crippen LogP contribution in [-0.2, 0) is 4.84 Å². The zero-order valence-corrected chi connectivity index (χ0v) is 3.64. The van der Waals surface area contributed by atoms with Crippen molar-refractivity contribution in [3.05, 3.63) is 11.6 Å². The fraction of sp³-hybridized carbons (Fsp3) is 0.333. The standard InChI is InChI=1S/C3H6N2O2/c4-2-1-7-5-3(2)6/h5-6H,1,4H2. The molecule has 4 nitrogen and oxygen atoms in total. The molecule has 0 aromatic rings. The van der Waals surface area contributed by atoms with E-state index in [1.807, 2.05) is 0 Å². The molecule has 1 rings (SSSR count). The van der Waals surface area contributed by atoms with E-state index in [9.17, 15) is 0 Å². The first-order valence-electron chi connectivity index (χ1n) is 1.86. The van der Waals surface area contributed by atoms with E-state index >= 15 is 0 Å². The monoisotopic (exact) mass is 102 g/mol. The Morgan fingerprint density at radius 2 is 2.57 bits per heavy atom. The van der Waals surface area contributed by atoms with Crippen LogP contribution in [0.1, 0.15) is 0 Å². The Hall–Kier alpha value is -0.900. The summed E-state index contributed by atoms with van der Waals surface area (Å²) in [7, 11) is 0. The van der Waals surface area contributed by atoms with E-state index in [1.165, 1.54) is 0 Å². The predicted octanol–water partition coefficient (Wildman–Crippen LogP) is -0.793. The van der Waals surface area contributed by atoms with Crippen LogP contribution in [0.3, 0.4) is 0 Å². The molecule has 0 saturated heterocycles. The maximum Gasteiger partial charge on any atom is 0.230 e. The second-order valence-corrected chi connectivity index (χ2v) is 1.26. The van der Waals surface area contributed by atoms with Gasteiger partial charge in [0.05, 0.1) is 5.70 Å². The van der Waals surface area contributed by atoms with Crippen molar-refractivity contribution in [3.8, 4) is 0 Å². The van der Waals surface area contributed by atoms with Crippen LogP contribution < -0.4 is 11.2 Å². The van der Waals surface area contributed by atoms with E-state index in [2.05, 4.69) is 10.3 Å². The molecule has 0 atom stereocenters. The highest BCUT2D eigenvalue weighted by atomic mass is 16.7. The lowest BCUT2D eigenvalue weighted by Gasteiger charge is -1.87. The largest absolute Gasteiger partial charge is 0.492 e. The van der Waals surface area contributed by atoms with E-state index in [-0.39, 0.29) is 12.5 Å². The summed E-state index contributed by atoms with van der Waals surface area (Å²) in [5.74, 6) is -0.0694. The maximum atomic E-state index is 8.52. The van der Waals surface area contributed by atoms with Gasteiger partial charge in [-0.1, -0.05) is 0 Å². The molecule has 0 bridgehead atoms. The normalized spacial score (nSPS) is 20.0. The van der Waals surface area contributed by atoms with Gasteiger partial charge in [0.1, 0.15) is 6.61 Å². The van der Waals surface area contributed by atoms with Crippen molar-refractivity contribution in [1.29, 1.82) is 0 Å². The quantitative estimate of drug-likeness (QED) is 0.375. The first-order valence-corrected chi connectivity index (χ1v) is 1.86. The van der Waals surface area contributed by atoms with Crippen LogP contribution in [0.4, 0.5) is 0 Å². The van der Waals surface area contributed by atoms with E-state index in [0.29, 0.717) is 5.70 Å². The summed E-state index contributed by atoms with van der Waals surface area (Å²) in [6.45, 7) is 0.270. The number of nitrogens with one attached hydrogen (secondary N) is 1. The molecular formula is C3H6N2O2. The van der Waals surface area contributed by atoms with Gasteiger partial charge in [0.2, 0.25) is 5.88 Å². The van der Waals surface area contributed by atoms with E-state index in [4.69, 9.17) is 10.8 Å². The molecule has 0 aliphatic carbocycles. The van der Waals surface area contributed by atoms with Gasteiger partial charge >= 0.3 is 0 Å². The van der Waals surface area contributed by atoms with Crippen LogP contribution in [0.5, 0.6) is 0 Å². The van der Waals surface area contributed by atoms with Crippen LogP contribution >= 0.6 is 0 Å². The minimum atomic E-state index is -0.0694. The minimum Gasteiger partial charge on any atom is -0.492 e. The number of hydrogen-bond donors (Lipinski definition) is 3. The van der Waals surface area contributed by atoms with Gasteiger partial charge in [-0.25, -0.2) is 5.48 Å². The molecule has 4 heteroatoms. The molecule has 7 heavy (non-hydrogen) atoms. The molecule has 0 unspecified atom stereocenters. The van der Waals surface area contributed by atoms with Crippen LogP contribution in [0, 0.1) is 0 Å². The Bertz CT molecular complexity index is 97.5. The number of hydroxylamine groups is 1. The summed E-state index contributed by atoms with van der Waals surface area (Å²) in [5.41, 5.74) is 7.65. The highest BCUT2D eigenvalue weighted by Gasteiger charge is 2.07. The first kappa shape index (κ1) is 4.26. The molecule has 0 fully saturated rings. The van der Waals surface area contributed by atoms with Crippen LogP contribution in [-0.4, -0.2) is 11.7 Å². The summed E-state index contributed by atoms with van der Waals surface area (Å²) in [4.78, 5) is 4.47. The molecule has 1 heterocycles. The Labute approximate surface area is 40.5 Å². The van der Waals surface area contributed by atoms with Gasteiger partial charge < -0.3 is 10.8 Å². The zero-order valence-electron chi connectivity index (χ0n) is 3.64. The van der Waals surface area contributed by atoms with Crippen LogP contribution in [0.15, 0.2) is 11.6 Å². The third kappa shape index (κ3) is 0.592. The Kier molecular flexibility index (Phi) is 0.796. The number of aliphatic hydroxyl groups is 1. The van der Waals surface area contributed by atoms with Gasteiger partial charge in [-0.15, -0.1) is 0 Å². The van der Waals surface area contributed by atoms with Gasteiger partial charge in [0, 0.05) is 0 Å². The molecule has 0 aromatic carbocycles. The van der Waals surface area contributed by atoms with Crippen LogP contribution in [0.25, 0.3) is 0 Å². The summed E-state index contributed by atoms with van der Waals surface area (Å²) in [6, 6.07) is 0. The van der Waals surface area contributed by atoms with Gasteiger partial charge in [-0.2, -0.15) is 0 Å². The van der Waals surface area contributed by atoms with Crippen molar-refractivity contribution in [1.82, 2.24) is 5.48 Å². The number of rotatable bonds is 0. The molecule has 40 valence electrons. The average Bonchev–Trinajstić information content (AvgIpc) is 1.91. The van der Waals surface area contributed by atoms with Crippen LogP contribution in [0.2, 0.25) is 0 Å². The second-order valence-electron chi connectivity index (χ2n) is 1.26. The molecule has 0 amide bonds. The summed E-state index contributed by atoms with van der Waals surface area (Å²) >= 11 is 0. The lowest BCUT2D eigenvalue weighted by molar-refractivity contribution is 0.0802. The number of hydrogen-bond acceptors (Lipinski definition) is 4. The fourth-order valence-electron chi connectivity index (χ4n) is 0.316. The Balaban J connectivity index is 2.64. The second kappa shape index (κ2) is 1.31.